The van der Waals surface area contributed by atoms with Gasteiger partial charge >= 0.3 is 0 Å². The maximum absolute atomic E-state index is 5.27. The number of nitrogens with one attached hydrogen (secondary N) is 2. The van der Waals surface area contributed by atoms with E-state index >= 15 is 0 Å². The van der Waals surface area contributed by atoms with Crippen LogP contribution in [-0.2, 0) is 26.1 Å². The van der Waals surface area contributed by atoms with Crippen LogP contribution >= 0.6 is 0 Å². The average molecular weight is 356 g/mol. The average Bonchev–Trinajstić information content (AvgIpc) is 2.90. The second-order valence-electron chi connectivity index (χ2n) is 6.40. The molecule has 2 N–H and O–H groups in total. The number of hydrogen-bond acceptors (Lipinski definition) is 4. The summed E-state index contributed by atoms with van der Waals surface area (Å²) < 4.78 is 7.53. The predicted molar refractivity (Wildman–Crippen MR) is 102 cm³/mol. The van der Waals surface area contributed by atoms with Gasteiger partial charge in [0.1, 0.15) is 11.6 Å². The molecule has 1 aromatic heterocycles. The quantitative estimate of drug-likeness (QED) is 0.613. The normalized spacial score (nSPS) is 14.5. The van der Waals surface area contributed by atoms with Gasteiger partial charge in [-0.1, -0.05) is 18.6 Å². The number of hydrogen-bond donors (Lipinski definition) is 2. The number of ether oxygens (including phenoxy) is 1. The molecule has 26 heavy (non-hydrogen) atoms. The highest BCUT2D eigenvalue weighted by molar-refractivity contribution is 5.79. The van der Waals surface area contributed by atoms with Crippen molar-refractivity contribution in [3.05, 3.63) is 41.5 Å². The number of guanidine groups is 1. The van der Waals surface area contributed by atoms with E-state index in [2.05, 4.69) is 37.3 Å². The Kier molecular flexibility index (Phi) is 6.46. The van der Waals surface area contributed by atoms with Gasteiger partial charge in [0, 0.05) is 19.5 Å². The minimum Gasteiger partial charge on any atom is -0.497 e. The van der Waals surface area contributed by atoms with Crippen molar-refractivity contribution in [1.29, 1.82) is 0 Å². The fourth-order valence-corrected chi connectivity index (χ4v) is 3.12. The first-order chi connectivity index (χ1) is 12.8. The van der Waals surface area contributed by atoms with Gasteiger partial charge in [-0.2, -0.15) is 0 Å². The van der Waals surface area contributed by atoms with Crippen molar-refractivity contribution in [2.24, 2.45) is 4.99 Å². The summed E-state index contributed by atoms with van der Waals surface area (Å²) in [7, 11) is 1.68. The van der Waals surface area contributed by atoms with E-state index in [1.807, 2.05) is 24.3 Å². The van der Waals surface area contributed by atoms with Crippen LogP contribution in [0.2, 0.25) is 0 Å². The SMILES string of the molecule is CCNC(=NCc1cccc(OC)c1)NCc1nnc2n1CCCCC2. The number of aryl methyl sites for hydroxylation is 1. The predicted octanol–water partition coefficient (Wildman–Crippen LogP) is 2.27. The first-order valence-corrected chi connectivity index (χ1v) is 9.36. The molecule has 1 aliphatic heterocycles. The smallest absolute Gasteiger partial charge is 0.191 e. The van der Waals surface area contributed by atoms with E-state index in [0.29, 0.717) is 13.1 Å². The van der Waals surface area contributed by atoms with Crippen LogP contribution in [0.5, 0.6) is 5.75 Å². The molecule has 7 nitrogen and oxygen atoms in total. The number of benzene rings is 1. The Balaban J connectivity index is 1.64. The standard InChI is InChI=1S/C19H28N6O/c1-3-20-19(21-13-15-8-7-9-16(12-15)26-2)22-14-18-24-23-17-10-5-4-6-11-25(17)18/h7-9,12H,3-6,10-11,13-14H2,1-2H3,(H2,20,21,22). The van der Waals surface area contributed by atoms with Crippen LogP contribution < -0.4 is 15.4 Å². The lowest BCUT2D eigenvalue weighted by atomic mass is 10.2. The van der Waals surface area contributed by atoms with Crippen LogP contribution in [0.25, 0.3) is 0 Å². The number of rotatable bonds is 6. The van der Waals surface area contributed by atoms with E-state index in [1.54, 1.807) is 7.11 Å². The summed E-state index contributed by atoms with van der Waals surface area (Å²) in [6.07, 6.45) is 4.69. The minimum atomic E-state index is 0.588. The van der Waals surface area contributed by atoms with Gasteiger partial charge in [0.2, 0.25) is 0 Å². The maximum atomic E-state index is 5.27. The third kappa shape index (κ3) is 4.74. The lowest BCUT2D eigenvalue weighted by Gasteiger charge is -2.12. The van der Waals surface area contributed by atoms with Crippen molar-refractivity contribution in [3.63, 3.8) is 0 Å². The molecule has 0 saturated carbocycles. The number of fused-ring (bicyclic) bond motifs is 1. The molecule has 0 spiro atoms. The second-order valence-corrected chi connectivity index (χ2v) is 6.40. The zero-order valence-corrected chi connectivity index (χ0v) is 15.7. The van der Waals surface area contributed by atoms with Crippen LogP contribution in [0, 0.1) is 0 Å². The molecule has 2 heterocycles. The Morgan fingerprint density at radius 2 is 2.15 bits per heavy atom. The van der Waals surface area contributed by atoms with Crippen molar-refractivity contribution in [2.75, 3.05) is 13.7 Å². The van der Waals surface area contributed by atoms with Crippen LogP contribution in [0.15, 0.2) is 29.3 Å². The molecular formula is C19H28N6O. The van der Waals surface area contributed by atoms with Gasteiger partial charge in [0.05, 0.1) is 20.2 Å². The highest BCUT2D eigenvalue weighted by Gasteiger charge is 2.14. The molecular weight excluding hydrogens is 328 g/mol. The molecule has 7 heteroatoms. The summed E-state index contributed by atoms with van der Waals surface area (Å²) in [4.78, 5) is 4.67. The van der Waals surface area contributed by atoms with Gasteiger partial charge in [-0.25, -0.2) is 4.99 Å². The van der Waals surface area contributed by atoms with E-state index in [-0.39, 0.29) is 0 Å². The highest BCUT2D eigenvalue weighted by Crippen LogP contribution is 2.15. The first-order valence-electron chi connectivity index (χ1n) is 9.36. The third-order valence-electron chi connectivity index (χ3n) is 4.50. The Hall–Kier alpha value is -2.57. The second kappa shape index (κ2) is 9.22. The van der Waals surface area contributed by atoms with Crippen molar-refractivity contribution >= 4 is 5.96 Å². The molecule has 0 aliphatic carbocycles. The molecule has 1 aliphatic rings. The first kappa shape index (κ1) is 18.2. The Morgan fingerprint density at radius 1 is 1.23 bits per heavy atom. The number of nitrogens with zero attached hydrogens (tertiary/aromatic N) is 4. The lowest BCUT2D eigenvalue weighted by molar-refractivity contribution is 0.414. The van der Waals surface area contributed by atoms with E-state index in [4.69, 9.17) is 4.74 Å². The van der Waals surface area contributed by atoms with Crippen LogP contribution in [0.4, 0.5) is 0 Å². The summed E-state index contributed by atoms with van der Waals surface area (Å²) in [5.41, 5.74) is 1.11. The third-order valence-corrected chi connectivity index (χ3v) is 4.50. The van der Waals surface area contributed by atoms with Gasteiger partial charge in [-0.3, -0.25) is 0 Å². The van der Waals surface area contributed by atoms with Crippen molar-refractivity contribution in [2.45, 2.75) is 52.2 Å². The molecule has 0 atom stereocenters. The zero-order valence-electron chi connectivity index (χ0n) is 15.7. The summed E-state index contributed by atoms with van der Waals surface area (Å²) in [6, 6.07) is 7.97. The molecule has 0 amide bonds. The number of aliphatic imine (C=N–C) groups is 1. The van der Waals surface area contributed by atoms with Gasteiger partial charge < -0.3 is 19.9 Å². The number of aromatic nitrogens is 3. The molecule has 1 aromatic carbocycles. The van der Waals surface area contributed by atoms with Crippen molar-refractivity contribution in [1.82, 2.24) is 25.4 Å². The molecule has 3 rings (SSSR count). The van der Waals surface area contributed by atoms with E-state index in [9.17, 15) is 0 Å². The topological polar surface area (TPSA) is 76.4 Å². The Labute approximate surface area is 154 Å². The Bertz CT molecular complexity index is 739. The monoisotopic (exact) mass is 356 g/mol. The van der Waals surface area contributed by atoms with E-state index in [1.165, 1.54) is 19.3 Å². The lowest BCUT2D eigenvalue weighted by Crippen LogP contribution is -2.37. The van der Waals surface area contributed by atoms with Crippen LogP contribution in [0.3, 0.4) is 0 Å². The fraction of sp³-hybridized carbons (Fsp3) is 0.526. The maximum Gasteiger partial charge on any atom is 0.191 e. The van der Waals surface area contributed by atoms with E-state index in [0.717, 1.165) is 48.4 Å². The molecule has 140 valence electrons. The summed E-state index contributed by atoms with van der Waals surface area (Å²) >= 11 is 0. The van der Waals surface area contributed by atoms with Gasteiger partial charge in [-0.15, -0.1) is 10.2 Å². The van der Waals surface area contributed by atoms with Crippen LogP contribution in [0.1, 0.15) is 43.4 Å². The van der Waals surface area contributed by atoms with E-state index < -0.39 is 0 Å². The minimum absolute atomic E-state index is 0.588. The molecule has 0 fully saturated rings. The van der Waals surface area contributed by atoms with Gasteiger partial charge in [-0.05, 0) is 37.5 Å². The van der Waals surface area contributed by atoms with Crippen LogP contribution in [-0.4, -0.2) is 34.4 Å². The summed E-state index contributed by atoms with van der Waals surface area (Å²) in [5, 5.41) is 15.4. The molecule has 0 bridgehead atoms. The largest absolute Gasteiger partial charge is 0.497 e. The fourth-order valence-electron chi connectivity index (χ4n) is 3.12. The molecule has 0 saturated heterocycles. The van der Waals surface area contributed by atoms with Gasteiger partial charge in [0.15, 0.2) is 11.8 Å². The highest BCUT2D eigenvalue weighted by atomic mass is 16.5. The number of methoxy groups -OCH3 is 1. The van der Waals surface area contributed by atoms with Crippen molar-refractivity contribution in [3.8, 4) is 5.75 Å². The molecule has 0 radical (unpaired) electrons. The van der Waals surface area contributed by atoms with Gasteiger partial charge in [0.25, 0.3) is 0 Å². The Morgan fingerprint density at radius 3 is 3.00 bits per heavy atom. The summed E-state index contributed by atoms with van der Waals surface area (Å²) in [5.74, 6) is 3.72. The summed E-state index contributed by atoms with van der Waals surface area (Å²) in [6.45, 7) is 5.09. The molecule has 0 unspecified atom stereocenters. The van der Waals surface area contributed by atoms with Crippen molar-refractivity contribution < 1.29 is 4.74 Å². The zero-order chi connectivity index (χ0) is 18.2. The molecule has 2 aromatic rings.